The molecule has 0 fully saturated rings. The fraction of sp³-hybridized carbons (Fsp3) is 0.444. The largest absolute Gasteiger partial charge is 0.390 e. The summed E-state index contributed by atoms with van der Waals surface area (Å²) in [5.74, 6) is -0.621. The van der Waals surface area contributed by atoms with Crippen LogP contribution in [0.2, 0.25) is 0 Å². The molecule has 4 nitrogen and oxygen atoms in total. The van der Waals surface area contributed by atoms with Crippen molar-refractivity contribution in [2.45, 2.75) is 25.6 Å². The Morgan fingerprint density at radius 2 is 2.29 bits per heavy atom. The van der Waals surface area contributed by atoms with Gasteiger partial charge in [-0.1, -0.05) is 0 Å². The second-order valence-corrected chi connectivity index (χ2v) is 4.23. The summed E-state index contributed by atoms with van der Waals surface area (Å²) >= 11 is 1.48. The molecule has 0 saturated heterocycles. The fourth-order valence-corrected chi connectivity index (χ4v) is 1.97. The highest BCUT2D eigenvalue weighted by molar-refractivity contribution is 7.10. The van der Waals surface area contributed by atoms with Crippen molar-refractivity contribution in [1.82, 2.24) is 0 Å². The van der Waals surface area contributed by atoms with E-state index in [0.717, 1.165) is 4.88 Å². The zero-order valence-corrected chi connectivity index (χ0v) is 8.62. The van der Waals surface area contributed by atoms with Gasteiger partial charge >= 0.3 is 0 Å². The van der Waals surface area contributed by atoms with Gasteiger partial charge in [0.05, 0.1) is 12.5 Å². The van der Waals surface area contributed by atoms with E-state index in [1.54, 1.807) is 6.07 Å². The van der Waals surface area contributed by atoms with Gasteiger partial charge in [0.2, 0.25) is 5.91 Å². The number of carbonyl (C=O) groups excluding carboxylic acids is 1. The molecule has 0 aromatic carbocycles. The molecular formula is C9H13NO3S. The second kappa shape index (κ2) is 4.54. The molecule has 1 aromatic rings. The zero-order chi connectivity index (χ0) is 10.7. The first-order valence-electron chi connectivity index (χ1n) is 4.20. The van der Waals surface area contributed by atoms with E-state index in [1.165, 1.54) is 11.3 Å². The van der Waals surface area contributed by atoms with E-state index >= 15 is 0 Å². The molecule has 0 aliphatic rings. The third-order valence-electron chi connectivity index (χ3n) is 1.99. The number of amides is 1. The van der Waals surface area contributed by atoms with Gasteiger partial charge in [0.25, 0.3) is 0 Å². The van der Waals surface area contributed by atoms with E-state index in [1.807, 2.05) is 12.3 Å². The summed E-state index contributed by atoms with van der Waals surface area (Å²) in [6.45, 7) is 1.85. The second-order valence-electron chi connectivity index (χ2n) is 3.11. The number of hydrogen-bond donors (Lipinski definition) is 3. The Hall–Kier alpha value is -0.910. The van der Waals surface area contributed by atoms with Gasteiger partial charge in [0, 0.05) is 4.88 Å². The third-order valence-corrected chi connectivity index (χ3v) is 2.85. The van der Waals surface area contributed by atoms with Gasteiger partial charge < -0.3 is 15.9 Å². The summed E-state index contributed by atoms with van der Waals surface area (Å²) < 4.78 is 0. The van der Waals surface area contributed by atoms with Crippen LogP contribution in [0, 0.1) is 6.92 Å². The van der Waals surface area contributed by atoms with Crippen molar-refractivity contribution in [1.29, 1.82) is 0 Å². The molecule has 0 saturated carbocycles. The lowest BCUT2D eigenvalue weighted by Gasteiger charge is -2.16. The molecule has 1 heterocycles. The average Bonchev–Trinajstić information content (AvgIpc) is 2.48. The minimum absolute atomic E-state index is 0.226. The first-order valence-corrected chi connectivity index (χ1v) is 5.08. The molecule has 1 amide bonds. The van der Waals surface area contributed by atoms with Crippen molar-refractivity contribution in [2.75, 3.05) is 0 Å². The lowest BCUT2D eigenvalue weighted by molar-refractivity contribution is -0.121. The van der Waals surface area contributed by atoms with Crippen molar-refractivity contribution >= 4 is 17.2 Å². The standard InChI is InChI=1S/C9H13NO3S/c1-5-6(2-3-14-5)9(13)7(11)4-8(10)12/h2-3,7,9,11,13H,4H2,1H3,(H2,10,12). The molecule has 4 N–H and O–H groups in total. The van der Waals surface area contributed by atoms with Gasteiger partial charge in [0.15, 0.2) is 0 Å². The van der Waals surface area contributed by atoms with E-state index in [4.69, 9.17) is 5.73 Å². The van der Waals surface area contributed by atoms with E-state index in [0.29, 0.717) is 5.56 Å². The van der Waals surface area contributed by atoms with E-state index in [-0.39, 0.29) is 6.42 Å². The summed E-state index contributed by atoms with van der Waals surface area (Å²) in [7, 11) is 0. The van der Waals surface area contributed by atoms with Crippen LogP contribution in [0.1, 0.15) is 23.0 Å². The number of hydrogen-bond acceptors (Lipinski definition) is 4. The number of aliphatic hydroxyl groups excluding tert-OH is 2. The quantitative estimate of drug-likeness (QED) is 0.676. The number of thiophene rings is 1. The number of primary amides is 1. The predicted octanol–water partition coefficient (Wildman–Crippen LogP) is 0.326. The Morgan fingerprint density at radius 1 is 1.64 bits per heavy atom. The smallest absolute Gasteiger partial charge is 0.220 e. The van der Waals surface area contributed by atoms with Crippen LogP contribution in [0.15, 0.2) is 11.4 Å². The molecule has 5 heteroatoms. The van der Waals surface area contributed by atoms with Crippen LogP contribution >= 0.6 is 11.3 Å². The first kappa shape index (κ1) is 11.2. The Kier molecular flexibility index (Phi) is 3.62. The van der Waals surface area contributed by atoms with Gasteiger partial charge in [-0.2, -0.15) is 0 Å². The molecular weight excluding hydrogens is 202 g/mol. The van der Waals surface area contributed by atoms with Crippen molar-refractivity contribution in [2.24, 2.45) is 5.73 Å². The van der Waals surface area contributed by atoms with Gasteiger partial charge in [-0.25, -0.2) is 0 Å². The number of aryl methyl sites for hydroxylation is 1. The van der Waals surface area contributed by atoms with Crippen molar-refractivity contribution in [3.63, 3.8) is 0 Å². The monoisotopic (exact) mass is 215 g/mol. The number of nitrogens with two attached hydrogens (primary N) is 1. The van der Waals surface area contributed by atoms with Crippen LogP contribution in [0.3, 0.4) is 0 Å². The van der Waals surface area contributed by atoms with Crippen molar-refractivity contribution in [3.05, 3.63) is 21.9 Å². The highest BCUT2D eigenvalue weighted by Crippen LogP contribution is 2.25. The van der Waals surface area contributed by atoms with Crippen LogP contribution in [0.25, 0.3) is 0 Å². The maximum absolute atomic E-state index is 10.5. The average molecular weight is 215 g/mol. The molecule has 0 aliphatic heterocycles. The zero-order valence-electron chi connectivity index (χ0n) is 7.80. The molecule has 14 heavy (non-hydrogen) atoms. The Balaban J connectivity index is 2.70. The van der Waals surface area contributed by atoms with Crippen LogP contribution in [-0.4, -0.2) is 22.2 Å². The van der Waals surface area contributed by atoms with Gasteiger partial charge in [-0.3, -0.25) is 4.79 Å². The highest BCUT2D eigenvalue weighted by atomic mass is 32.1. The van der Waals surface area contributed by atoms with Crippen LogP contribution in [-0.2, 0) is 4.79 Å². The molecule has 2 unspecified atom stereocenters. The normalized spacial score (nSPS) is 15.1. The Morgan fingerprint density at radius 3 is 2.71 bits per heavy atom. The van der Waals surface area contributed by atoms with Crippen LogP contribution in [0.5, 0.6) is 0 Å². The predicted molar refractivity (Wildman–Crippen MR) is 53.8 cm³/mol. The highest BCUT2D eigenvalue weighted by Gasteiger charge is 2.22. The minimum Gasteiger partial charge on any atom is -0.390 e. The van der Waals surface area contributed by atoms with Crippen molar-refractivity contribution < 1.29 is 15.0 Å². The lowest BCUT2D eigenvalue weighted by atomic mass is 10.0. The van der Waals surface area contributed by atoms with E-state index in [9.17, 15) is 15.0 Å². The Labute approximate surface area is 86.0 Å². The molecule has 1 aromatic heterocycles. The van der Waals surface area contributed by atoms with Gasteiger partial charge in [-0.15, -0.1) is 11.3 Å². The summed E-state index contributed by atoms with van der Waals surface area (Å²) in [5, 5.41) is 20.9. The summed E-state index contributed by atoms with van der Waals surface area (Å²) in [6.07, 6.45) is -2.38. The molecule has 1 rings (SSSR count). The maximum Gasteiger partial charge on any atom is 0.220 e. The molecule has 0 aliphatic carbocycles. The SMILES string of the molecule is Cc1sccc1C(O)C(O)CC(N)=O. The van der Waals surface area contributed by atoms with Gasteiger partial charge in [0.1, 0.15) is 6.10 Å². The topological polar surface area (TPSA) is 83.6 Å². The van der Waals surface area contributed by atoms with Crippen LogP contribution in [0.4, 0.5) is 0 Å². The summed E-state index contributed by atoms with van der Waals surface area (Å²) in [5.41, 5.74) is 5.57. The molecule has 2 atom stereocenters. The fourth-order valence-electron chi connectivity index (χ4n) is 1.23. The molecule has 0 spiro atoms. The Bertz CT molecular complexity index is 324. The number of aliphatic hydroxyl groups is 2. The molecule has 78 valence electrons. The third kappa shape index (κ3) is 2.54. The number of rotatable bonds is 4. The summed E-state index contributed by atoms with van der Waals surface area (Å²) in [6, 6.07) is 1.73. The van der Waals surface area contributed by atoms with Crippen LogP contribution < -0.4 is 5.73 Å². The molecule has 0 radical (unpaired) electrons. The first-order chi connectivity index (χ1) is 6.52. The van der Waals surface area contributed by atoms with Gasteiger partial charge in [-0.05, 0) is 23.9 Å². The number of carbonyl (C=O) groups is 1. The minimum atomic E-state index is -1.12. The van der Waals surface area contributed by atoms with Crippen molar-refractivity contribution in [3.8, 4) is 0 Å². The maximum atomic E-state index is 10.5. The lowest BCUT2D eigenvalue weighted by Crippen LogP contribution is -2.25. The van der Waals surface area contributed by atoms with E-state index in [2.05, 4.69) is 0 Å². The summed E-state index contributed by atoms with van der Waals surface area (Å²) in [4.78, 5) is 11.5. The molecule has 0 bridgehead atoms. The van der Waals surface area contributed by atoms with E-state index < -0.39 is 18.1 Å².